The van der Waals surface area contributed by atoms with Gasteiger partial charge in [0.15, 0.2) is 5.60 Å². The van der Waals surface area contributed by atoms with Gasteiger partial charge in [0.1, 0.15) is 0 Å². The number of carbonyl (C=O) groups is 1. The van der Waals surface area contributed by atoms with Crippen LogP contribution in [-0.4, -0.2) is 21.8 Å². The predicted octanol–water partition coefficient (Wildman–Crippen LogP) is 2.65. The van der Waals surface area contributed by atoms with Crippen LogP contribution in [0.2, 0.25) is 0 Å². The van der Waals surface area contributed by atoms with Crippen LogP contribution in [0.4, 0.5) is 0 Å². The van der Waals surface area contributed by atoms with E-state index in [4.69, 9.17) is 0 Å². The maximum absolute atomic E-state index is 11.3. The van der Waals surface area contributed by atoms with Gasteiger partial charge in [-0.25, -0.2) is 4.79 Å². The van der Waals surface area contributed by atoms with E-state index in [0.29, 0.717) is 0 Å². The molecule has 0 aromatic heterocycles. The van der Waals surface area contributed by atoms with Crippen molar-refractivity contribution in [2.24, 2.45) is 5.92 Å². The molecule has 3 heteroatoms. The summed E-state index contributed by atoms with van der Waals surface area (Å²) in [7, 11) is 0. The van der Waals surface area contributed by atoms with E-state index in [1.807, 2.05) is 44.2 Å². The summed E-state index contributed by atoms with van der Waals surface area (Å²) in [5.74, 6) is -1.49. The fourth-order valence-corrected chi connectivity index (χ4v) is 2.38. The van der Waals surface area contributed by atoms with Crippen LogP contribution in [0.5, 0.6) is 0 Å². The van der Waals surface area contributed by atoms with E-state index in [1.54, 1.807) is 6.92 Å². The molecule has 0 heterocycles. The smallest absolute Gasteiger partial charge is 0.336 e. The van der Waals surface area contributed by atoms with Crippen molar-refractivity contribution in [1.82, 2.24) is 0 Å². The zero-order chi connectivity index (χ0) is 13.1. The van der Waals surface area contributed by atoms with Crippen LogP contribution in [-0.2, 0) is 4.79 Å². The third kappa shape index (κ3) is 2.67. The Labute approximate surface area is 102 Å². The SMILES string of the molecule is CCC(O)(C(=O)O)C(c1ccccc1)C(C)C. The van der Waals surface area contributed by atoms with Crippen LogP contribution >= 0.6 is 0 Å². The number of aliphatic hydroxyl groups is 1. The van der Waals surface area contributed by atoms with Crippen molar-refractivity contribution < 1.29 is 15.0 Å². The zero-order valence-corrected chi connectivity index (χ0v) is 10.6. The summed E-state index contributed by atoms with van der Waals surface area (Å²) in [5.41, 5.74) is -0.829. The minimum atomic E-state index is -1.70. The molecular weight excluding hydrogens is 216 g/mol. The minimum Gasteiger partial charge on any atom is -0.479 e. The first kappa shape index (κ1) is 13.7. The first-order valence-electron chi connectivity index (χ1n) is 5.94. The summed E-state index contributed by atoms with van der Waals surface area (Å²) >= 11 is 0. The fourth-order valence-electron chi connectivity index (χ4n) is 2.38. The van der Waals surface area contributed by atoms with Crippen molar-refractivity contribution in [1.29, 1.82) is 0 Å². The summed E-state index contributed by atoms with van der Waals surface area (Å²) in [4.78, 5) is 11.3. The Hall–Kier alpha value is -1.35. The highest BCUT2D eigenvalue weighted by Gasteiger charge is 2.44. The van der Waals surface area contributed by atoms with E-state index < -0.39 is 17.5 Å². The normalized spacial score (nSPS) is 16.5. The Balaban J connectivity index is 3.22. The maximum atomic E-state index is 11.3. The van der Waals surface area contributed by atoms with Crippen LogP contribution in [0, 0.1) is 5.92 Å². The van der Waals surface area contributed by atoms with Crippen LogP contribution in [0.25, 0.3) is 0 Å². The maximum Gasteiger partial charge on any atom is 0.336 e. The van der Waals surface area contributed by atoms with Crippen molar-refractivity contribution in [3.8, 4) is 0 Å². The number of hydrogen-bond acceptors (Lipinski definition) is 2. The van der Waals surface area contributed by atoms with Gasteiger partial charge in [-0.3, -0.25) is 0 Å². The molecule has 0 fully saturated rings. The zero-order valence-electron chi connectivity index (χ0n) is 10.6. The number of benzene rings is 1. The lowest BCUT2D eigenvalue weighted by Crippen LogP contribution is -2.46. The lowest BCUT2D eigenvalue weighted by Gasteiger charge is -2.34. The topological polar surface area (TPSA) is 57.5 Å². The van der Waals surface area contributed by atoms with Gasteiger partial charge in [-0.15, -0.1) is 0 Å². The van der Waals surface area contributed by atoms with E-state index in [9.17, 15) is 15.0 Å². The van der Waals surface area contributed by atoms with Crippen molar-refractivity contribution in [3.05, 3.63) is 35.9 Å². The predicted molar refractivity (Wildman–Crippen MR) is 66.9 cm³/mol. The van der Waals surface area contributed by atoms with Gasteiger partial charge in [0.2, 0.25) is 0 Å². The van der Waals surface area contributed by atoms with Crippen molar-refractivity contribution in [2.75, 3.05) is 0 Å². The van der Waals surface area contributed by atoms with Crippen molar-refractivity contribution in [2.45, 2.75) is 38.7 Å². The third-order valence-electron chi connectivity index (χ3n) is 3.25. The van der Waals surface area contributed by atoms with E-state index in [-0.39, 0.29) is 12.3 Å². The van der Waals surface area contributed by atoms with Gasteiger partial charge >= 0.3 is 5.97 Å². The number of rotatable bonds is 5. The van der Waals surface area contributed by atoms with Crippen molar-refractivity contribution in [3.63, 3.8) is 0 Å². The average Bonchev–Trinajstić information content (AvgIpc) is 2.29. The summed E-state index contributed by atoms with van der Waals surface area (Å²) in [5, 5.41) is 19.6. The molecule has 2 atom stereocenters. The van der Waals surface area contributed by atoms with Gasteiger partial charge in [0.05, 0.1) is 0 Å². The Morgan fingerprint density at radius 3 is 2.18 bits per heavy atom. The van der Waals surface area contributed by atoms with E-state index in [2.05, 4.69) is 0 Å². The minimum absolute atomic E-state index is 0.0541. The Morgan fingerprint density at radius 2 is 1.82 bits per heavy atom. The van der Waals surface area contributed by atoms with Crippen LogP contribution in [0.1, 0.15) is 38.7 Å². The quantitative estimate of drug-likeness (QED) is 0.826. The van der Waals surface area contributed by atoms with E-state index >= 15 is 0 Å². The van der Waals surface area contributed by atoms with Gasteiger partial charge in [0, 0.05) is 5.92 Å². The second-order valence-electron chi connectivity index (χ2n) is 4.72. The largest absolute Gasteiger partial charge is 0.479 e. The molecule has 3 nitrogen and oxygen atoms in total. The van der Waals surface area contributed by atoms with Crippen molar-refractivity contribution >= 4 is 5.97 Å². The second-order valence-corrected chi connectivity index (χ2v) is 4.72. The molecule has 1 aromatic carbocycles. The van der Waals surface area contributed by atoms with E-state index in [1.165, 1.54) is 0 Å². The van der Waals surface area contributed by atoms with Crippen LogP contribution in [0.15, 0.2) is 30.3 Å². The molecule has 0 amide bonds. The van der Waals surface area contributed by atoms with Gasteiger partial charge in [0.25, 0.3) is 0 Å². The van der Waals surface area contributed by atoms with Gasteiger partial charge in [-0.2, -0.15) is 0 Å². The molecule has 0 saturated heterocycles. The average molecular weight is 236 g/mol. The number of carboxylic acid groups (broad SMARTS) is 1. The Kier molecular flexibility index (Phi) is 4.29. The standard InChI is InChI=1S/C14H20O3/c1-4-14(17,13(15)16)12(10(2)3)11-8-6-5-7-9-11/h5-10,12,17H,4H2,1-3H3,(H,15,16). The molecular formula is C14H20O3. The molecule has 17 heavy (non-hydrogen) atoms. The molecule has 0 spiro atoms. The summed E-state index contributed by atoms with van der Waals surface area (Å²) < 4.78 is 0. The monoisotopic (exact) mass is 236 g/mol. The molecule has 0 radical (unpaired) electrons. The summed E-state index contributed by atoms with van der Waals surface area (Å²) in [6, 6.07) is 9.35. The second kappa shape index (κ2) is 5.32. The molecule has 94 valence electrons. The number of carboxylic acids is 1. The lowest BCUT2D eigenvalue weighted by molar-refractivity contribution is -0.163. The molecule has 0 aliphatic heterocycles. The van der Waals surface area contributed by atoms with Crippen LogP contribution in [0.3, 0.4) is 0 Å². The molecule has 0 aliphatic rings. The van der Waals surface area contributed by atoms with Gasteiger partial charge in [-0.1, -0.05) is 51.1 Å². The molecule has 1 rings (SSSR count). The molecule has 0 bridgehead atoms. The van der Waals surface area contributed by atoms with Gasteiger partial charge in [-0.05, 0) is 17.9 Å². The highest BCUT2D eigenvalue weighted by molar-refractivity contribution is 5.78. The Bertz CT molecular complexity index is 372. The summed E-state index contributed by atoms with van der Waals surface area (Å²) in [6.45, 7) is 5.56. The lowest BCUT2D eigenvalue weighted by atomic mass is 9.74. The molecule has 0 aliphatic carbocycles. The molecule has 1 aromatic rings. The third-order valence-corrected chi connectivity index (χ3v) is 3.25. The molecule has 0 saturated carbocycles. The first-order valence-corrected chi connectivity index (χ1v) is 5.94. The van der Waals surface area contributed by atoms with Gasteiger partial charge < -0.3 is 10.2 Å². The Morgan fingerprint density at radius 1 is 1.29 bits per heavy atom. The fraction of sp³-hybridized carbons (Fsp3) is 0.500. The molecule has 2 N–H and O–H groups in total. The van der Waals surface area contributed by atoms with E-state index in [0.717, 1.165) is 5.56 Å². The summed E-state index contributed by atoms with van der Waals surface area (Å²) in [6.07, 6.45) is 0.195. The first-order chi connectivity index (χ1) is 7.93. The number of aliphatic carboxylic acids is 1. The van der Waals surface area contributed by atoms with Crippen LogP contribution < -0.4 is 0 Å². The molecule has 2 unspecified atom stereocenters. The highest BCUT2D eigenvalue weighted by Crippen LogP contribution is 2.37. The number of hydrogen-bond donors (Lipinski definition) is 2. The highest BCUT2D eigenvalue weighted by atomic mass is 16.4.